The lowest BCUT2D eigenvalue weighted by Gasteiger charge is -2.32. The average Bonchev–Trinajstić information content (AvgIpc) is 3.30. The van der Waals surface area contributed by atoms with Gasteiger partial charge in [0.2, 0.25) is 5.56 Å². The van der Waals surface area contributed by atoms with Crippen LogP contribution in [0.4, 0.5) is 0 Å². The first kappa shape index (κ1) is 19.4. The van der Waals surface area contributed by atoms with Gasteiger partial charge in [-0.2, -0.15) is 0 Å². The van der Waals surface area contributed by atoms with E-state index < -0.39 is 0 Å². The second-order valence-corrected chi connectivity index (χ2v) is 7.93. The van der Waals surface area contributed by atoms with Gasteiger partial charge in [0.25, 0.3) is 11.8 Å². The third kappa shape index (κ3) is 4.09. The first-order chi connectivity index (χ1) is 14.0. The van der Waals surface area contributed by atoms with E-state index in [2.05, 4.69) is 4.98 Å². The van der Waals surface area contributed by atoms with Gasteiger partial charge >= 0.3 is 0 Å². The Morgan fingerprint density at radius 3 is 2.31 bits per heavy atom. The molecule has 0 aliphatic carbocycles. The van der Waals surface area contributed by atoms with Crippen molar-refractivity contribution in [3.63, 3.8) is 0 Å². The highest BCUT2D eigenvalue weighted by atomic mass is 16.2. The number of aryl methyl sites for hydroxylation is 1. The van der Waals surface area contributed by atoms with Gasteiger partial charge in [0.05, 0.1) is 11.1 Å². The number of rotatable bonds is 3. The second kappa shape index (κ2) is 8.19. The zero-order valence-electron chi connectivity index (χ0n) is 16.7. The van der Waals surface area contributed by atoms with Crippen molar-refractivity contribution in [1.82, 2.24) is 19.4 Å². The Balaban J connectivity index is 1.45. The molecular weight excluding hydrogens is 368 g/mol. The molecule has 152 valence electrons. The summed E-state index contributed by atoms with van der Waals surface area (Å²) in [5.41, 5.74) is 1.93. The molecule has 0 saturated carbocycles. The first-order valence-electron chi connectivity index (χ1n) is 10.2. The van der Waals surface area contributed by atoms with Crippen molar-refractivity contribution < 1.29 is 9.59 Å². The van der Waals surface area contributed by atoms with Crippen molar-refractivity contribution in [2.75, 3.05) is 26.2 Å². The van der Waals surface area contributed by atoms with Crippen LogP contribution in [0.15, 0.2) is 41.5 Å². The summed E-state index contributed by atoms with van der Waals surface area (Å²) < 4.78 is 1.42. The van der Waals surface area contributed by atoms with Crippen molar-refractivity contribution in [2.24, 2.45) is 7.05 Å². The van der Waals surface area contributed by atoms with E-state index in [-0.39, 0.29) is 23.3 Å². The molecule has 7 nitrogen and oxygen atoms in total. The monoisotopic (exact) mass is 394 g/mol. The molecule has 0 N–H and O–H groups in total. The van der Waals surface area contributed by atoms with E-state index in [1.807, 2.05) is 21.9 Å². The van der Waals surface area contributed by atoms with Crippen LogP contribution in [-0.4, -0.2) is 57.3 Å². The molecule has 0 unspecified atom stereocenters. The molecule has 0 radical (unpaired) electrons. The van der Waals surface area contributed by atoms with E-state index in [1.54, 1.807) is 25.5 Å². The Morgan fingerprint density at radius 1 is 0.931 bits per heavy atom. The first-order valence-corrected chi connectivity index (χ1v) is 10.2. The molecule has 2 aromatic heterocycles. The molecule has 0 spiro atoms. The molecule has 4 heterocycles. The topological polar surface area (TPSA) is 75.5 Å². The normalized spacial score (nSPS) is 19.4. The number of aromatic nitrogens is 2. The summed E-state index contributed by atoms with van der Waals surface area (Å²) in [6.07, 6.45) is 7.26. The molecule has 2 saturated heterocycles. The fourth-order valence-corrected chi connectivity index (χ4v) is 4.18. The fourth-order valence-electron chi connectivity index (χ4n) is 4.18. The Morgan fingerprint density at radius 2 is 1.62 bits per heavy atom. The average molecular weight is 394 g/mol. The molecular formula is C22H26N4O3. The van der Waals surface area contributed by atoms with Crippen molar-refractivity contribution in [1.29, 1.82) is 0 Å². The minimum absolute atomic E-state index is 0.0525. The molecule has 2 aromatic rings. The quantitative estimate of drug-likeness (QED) is 0.798. The van der Waals surface area contributed by atoms with Crippen LogP contribution in [0.3, 0.4) is 0 Å². The summed E-state index contributed by atoms with van der Waals surface area (Å²) in [5.74, 6) is 0.138. The Labute approximate surface area is 170 Å². The lowest BCUT2D eigenvalue weighted by Crippen LogP contribution is -2.39. The van der Waals surface area contributed by atoms with Crippen LogP contribution in [0.5, 0.6) is 0 Å². The van der Waals surface area contributed by atoms with Crippen molar-refractivity contribution in [3.8, 4) is 0 Å². The molecule has 0 bridgehead atoms. The van der Waals surface area contributed by atoms with Crippen LogP contribution >= 0.6 is 0 Å². The van der Waals surface area contributed by atoms with Gasteiger partial charge < -0.3 is 14.4 Å². The number of piperidine rings is 1. The summed E-state index contributed by atoms with van der Waals surface area (Å²) in [7, 11) is 1.65. The number of hydrogen-bond acceptors (Lipinski definition) is 4. The summed E-state index contributed by atoms with van der Waals surface area (Å²) in [6.45, 7) is 2.94. The minimum Gasteiger partial charge on any atom is -0.339 e. The molecule has 0 aromatic carbocycles. The van der Waals surface area contributed by atoms with E-state index in [4.69, 9.17) is 0 Å². The summed E-state index contributed by atoms with van der Waals surface area (Å²) in [4.78, 5) is 45.2. The van der Waals surface area contributed by atoms with Gasteiger partial charge in [-0.25, -0.2) is 0 Å². The zero-order valence-corrected chi connectivity index (χ0v) is 16.7. The number of pyridine rings is 2. The predicted octanol–water partition coefficient (Wildman–Crippen LogP) is 2.04. The van der Waals surface area contributed by atoms with Crippen molar-refractivity contribution >= 4 is 11.8 Å². The lowest BCUT2D eigenvalue weighted by molar-refractivity contribution is 0.0704. The third-order valence-electron chi connectivity index (χ3n) is 5.89. The molecule has 1 atom stereocenters. The lowest BCUT2D eigenvalue weighted by atomic mass is 9.93. The van der Waals surface area contributed by atoms with Gasteiger partial charge in [-0.15, -0.1) is 0 Å². The van der Waals surface area contributed by atoms with Crippen LogP contribution in [-0.2, 0) is 7.05 Å². The van der Waals surface area contributed by atoms with Crippen LogP contribution < -0.4 is 5.56 Å². The molecule has 2 fully saturated rings. The number of likely N-dealkylation sites (tertiary alicyclic amines) is 2. The Hall–Kier alpha value is -2.96. The predicted molar refractivity (Wildman–Crippen MR) is 109 cm³/mol. The number of carbonyl (C=O) groups excluding carboxylic acids is 2. The fraction of sp³-hybridized carbons (Fsp3) is 0.455. The molecule has 7 heteroatoms. The Bertz CT molecular complexity index is 961. The molecule has 2 aliphatic rings. The van der Waals surface area contributed by atoms with Crippen molar-refractivity contribution in [2.45, 2.75) is 31.6 Å². The minimum atomic E-state index is -0.133. The number of carbonyl (C=O) groups is 2. The highest BCUT2D eigenvalue weighted by Crippen LogP contribution is 2.27. The van der Waals surface area contributed by atoms with E-state index in [1.165, 1.54) is 10.6 Å². The van der Waals surface area contributed by atoms with Gasteiger partial charge in [-0.1, -0.05) is 0 Å². The number of nitrogens with zero attached hydrogens (tertiary/aromatic N) is 4. The number of hydrogen-bond donors (Lipinski definition) is 0. The number of amides is 2. The van der Waals surface area contributed by atoms with Gasteiger partial charge in [-0.3, -0.25) is 19.4 Å². The van der Waals surface area contributed by atoms with E-state index in [0.717, 1.165) is 44.5 Å². The van der Waals surface area contributed by atoms with Crippen LogP contribution in [0.2, 0.25) is 0 Å². The van der Waals surface area contributed by atoms with E-state index in [0.29, 0.717) is 24.2 Å². The van der Waals surface area contributed by atoms with Gasteiger partial charge in [0, 0.05) is 63.3 Å². The van der Waals surface area contributed by atoms with Crippen LogP contribution in [0.25, 0.3) is 0 Å². The van der Waals surface area contributed by atoms with Crippen LogP contribution in [0.1, 0.15) is 58.0 Å². The maximum atomic E-state index is 12.9. The smallest absolute Gasteiger partial charge is 0.255 e. The van der Waals surface area contributed by atoms with E-state index >= 15 is 0 Å². The largest absolute Gasteiger partial charge is 0.339 e. The van der Waals surface area contributed by atoms with Crippen molar-refractivity contribution in [3.05, 3.63) is 63.8 Å². The van der Waals surface area contributed by atoms with Crippen LogP contribution in [0, 0.1) is 0 Å². The SMILES string of the molecule is Cn1cc(C(=O)N2CCC[C@@H](c3ccc(C(=O)N4CCCC4)cn3)C2)ccc1=O. The zero-order chi connectivity index (χ0) is 20.4. The molecule has 2 amide bonds. The van der Waals surface area contributed by atoms with E-state index in [9.17, 15) is 14.4 Å². The second-order valence-electron chi connectivity index (χ2n) is 7.93. The molecule has 29 heavy (non-hydrogen) atoms. The summed E-state index contributed by atoms with van der Waals surface area (Å²) >= 11 is 0. The highest BCUT2D eigenvalue weighted by Gasteiger charge is 2.27. The standard InChI is InChI=1S/C22H26N4O3/c1-24-14-18(7-9-20(24)27)22(29)26-12-4-5-17(15-26)19-8-6-16(13-23-19)21(28)25-10-2-3-11-25/h6-9,13-14,17H,2-5,10-12,15H2,1H3/t17-/m1/s1. The molecule has 2 aliphatic heterocycles. The molecule has 4 rings (SSSR count). The van der Waals surface area contributed by atoms with Gasteiger partial charge in [-0.05, 0) is 43.9 Å². The highest BCUT2D eigenvalue weighted by molar-refractivity contribution is 5.94. The van der Waals surface area contributed by atoms with Gasteiger partial charge in [0.15, 0.2) is 0 Å². The maximum Gasteiger partial charge on any atom is 0.255 e. The summed E-state index contributed by atoms with van der Waals surface area (Å²) in [6, 6.07) is 6.79. The third-order valence-corrected chi connectivity index (χ3v) is 5.89. The summed E-state index contributed by atoms with van der Waals surface area (Å²) in [5, 5.41) is 0. The Kier molecular flexibility index (Phi) is 5.47. The maximum absolute atomic E-state index is 12.9. The van der Waals surface area contributed by atoms with Gasteiger partial charge in [0.1, 0.15) is 0 Å².